The quantitative estimate of drug-likeness (QED) is 0.927. The van der Waals surface area contributed by atoms with E-state index in [0.717, 1.165) is 24.1 Å². The summed E-state index contributed by atoms with van der Waals surface area (Å²) in [5.41, 5.74) is 1.62. The van der Waals surface area contributed by atoms with Crippen LogP contribution in [0.25, 0.3) is 0 Å². The number of nitrogens with zero attached hydrogens (tertiary/aromatic N) is 2. The first-order chi connectivity index (χ1) is 9.74. The van der Waals surface area contributed by atoms with E-state index >= 15 is 0 Å². The highest BCUT2D eigenvalue weighted by atomic mass is 16.3. The fourth-order valence-electron chi connectivity index (χ4n) is 2.47. The minimum atomic E-state index is -0.690. The summed E-state index contributed by atoms with van der Waals surface area (Å²) in [7, 11) is 0. The molecule has 1 fully saturated rings. The SMILES string of the molecule is O=c1cc(C2CCC2)ncn1CC(O)c1ccccc1. The van der Waals surface area contributed by atoms with E-state index in [0.29, 0.717) is 5.92 Å². The molecule has 1 aliphatic rings. The van der Waals surface area contributed by atoms with Crippen LogP contribution in [-0.4, -0.2) is 14.7 Å². The lowest BCUT2D eigenvalue weighted by atomic mass is 9.83. The summed E-state index contributed by atoms with van der Waals surface area (Å²) in [4.78, 5) is 16.4. The van der Waals surface area contributed by atoms with E-state index in [-0.39, 0.29) is 12.1 Å². The Hall–Kier alpha value is -1.94. The normalized spacial score (nSPS) is 16.6. The Morgan fingerprint density at radius 2 is 2.05 bits per heavy atom. The number of hydrogen-bond donors (Lipinski definition) is 1. The molecule has 20 heavy (non-hydrogen) atoms. The molecule has 4 nitrogen and oxygen atoms in total. The number of aliphatic hydroxyl groups is 1. The second-order valence-electron chi connectivity index (χ2n) is 5.36. The topological polar surface area (TPSA) is 55.1 Å². The molecule has 4 heteroatoms. The minimum absolute atomic E-state index is 0.0862. The van der Waals surface area contributed by atoms with Crippen molar-refractivity contribution in [1.82, 2.24) is 9.55 Å². The molecule has 0 bridgehead atoms. The first-order valence-corrected chi connectivity index (χ1v) is 7.03. The molecule has 0 aliphatic heterocycles. The van der Waals surface area contributed by atoms with Crippen molar-refractivity contribution in [2.24, 2.45) is 0 Å². The number of hydrogen-bond acceptors (Lipinski definition) is 3. The van der Waals surface area contributed by atoms with Gasteiger partial charge < -0.3 is 5.11 Å². The van der Waals surface area contributed by atoms with Crippen molar-refractivity contribution in [2.45, 2.75) is 37.8 Å². The molecular weight excluding hydrogens is 252 g/mol. The van der Waals surface area contributed by atoms with Crippen molar-refractivity contribution in [3.8, 4) is 0 Å². The minimum Gasteiger partial charge on any atom is -0.387 e. The van der Waals surface area contributed by atoms with E-state index in [1.807, 2.05) is 30.3 Å². The van der Waals surface area contributed by atoms with E-state index in [4.69, 9.17) is 0 Å². The molecule has 1 N–H and O–H groups in total. The van der Waals surface area contributed by atoms with Gasteiger partial charge in [0.2, 0.25) is 0 Å². The molecular formula is C16H18N2O2. The second-order valence-corrected chi connectivity index (χ2v) is 5.36. The lowest BCUT2D eigenvalue weighted by molar-refractivity contribution is 0.154. The maximum Gasteiger partial charge on any atom is 0.253 e. The van der Waals surface area contributed by atoms with Crippen LogP contribution < -0.4 is 5.56 Å². The third-order valence-electron chi connectivity index (χ3n) is 3.98. The monoisotopic (exact) mass is 270 g/mol. The molecule has 1 aromatic carbocycles. The Bertz CT molecular complexity index is 632. The molecule has 1 saturated carbocycles. The van der Waals surface area contributed by atoms with Crippen molar-refractivity contribution in [2.75, 3.05) is 0 Å². The summed E-state index contributed by atoms with van der Waals surface area (Å²) in [5, 5.41) is 10.1. The van der Waals surface area contributed by atoms with Gasteiger partial charge in [-0.3, -0.25) is 9.36 Å². The maximum absolute atomic E-state index is 12.1. The first-order valence-electron chi connectivity index (χ1n) is 7.03. The second kappa shape index (κ2) is 5.59. The van der Waals surface area contributed by atoms with Gasteiger partial charge in [-0.15, -0.1) is 0 Å². The number of aliphatic hydroxyl groups excluding tert-OH is 1. The van der Waals surface area contributed by atoms with Crippen LogP contribution in [0.15, 0.2) is 47.5 Å². The summed E-state index contributed by atoms with van der Waals surface area (Å²) in [5.74, 6) is 0.455. The molecule has 0 saturated heterocycles. The summed E-state index contributed by atoms with van der Waals surface area (Å²) < 4.78 is 1.47. The van der Waals surface area contributed by atoms with Gasteiger partial charge in [0.25, 0.3) is 5.56 Å². The molecule has 1 atom stereocenters. The molecule has 1 unspecified atom stereocenters. The Kier molecular flexibility index (Phi) is 3.65. The lowest BCUT2D eigenvalue weighted by Crippen LogP contribution is -2.25. The predicted octanol–water partition coefficient (Wildman–Crippen LogP) is 2.24. The number of benzene rings is 1. The molecule has 0 spiro atoms. The van der Waals surface area contributed by atoms with Gasteiger partial charge in [-0.05, 0) is 18.4 Å². The molecule has 104 valence electrons. The van der Waals surface area contributed by atoms with E-state index < -0.39 is 6.10 Å². The van der Waals surface area contributed by atoms with E-state index in [2.05, 4.69) is 4.98 Å². The first kappa shape index (κ1) is 13.1. The van der Waals surface area contributed by atoms with Gasteiger partial charge in [-0.2, -0.15) is 0 Å². The Balaban J connectivity index is 1.76. The summed E-state index contributed by atoms with van der Waals surface area (Å²) >= 11 is 0. The van der Waals surface area contributed by atoms with Crippen molar-refractivity contribution >= 4 is 0 Å². The van der Waals surface area contributed by atoms with Crippen LogP contribution in [0.3, 0.4) is 0 Å². The third kappa shape index (κ3) is 2.65. The zero-order valence-corrected chi connectivity index (χ0v) is 11.3. The van der Waals surface area contributed by atoms with Crippen LogP contribution in [0.2, 0.25) is 0 Å². The van der Waals surface area contributed by atoms with Crippen LogP contribution in [0.4, 0.5) is 0 Å². The smallest absolute Gasteiger partial charge is 0.253 e. The van der Waals surface area contributed by atoms with Gasteiger partial charge in [0.15, 0.2) is 0 Å². The van der Waals surface area contributed by atoms with E-state index in [1.165, 1.54) is 11.0 Å². The molecule has 1 heterocycles. The number of rotatable bonds is 4. The maximum atomic E-state index is 12.1. The largest absolute Gasteiger partial charge is 0.387 e. The Morgan fingerprint density at radius 1 is 1.30 bits per heavy atom. The highest BCUT2D eigenvalue weighted by Crippen LogP contribution is 2.34. The predicted molar refractivity (Wildman–Crippen MR) is 76.5 cm³/mol. The van der Waals surface area contributed by atoms with Gasteiger partial charge in [-0.1, -0.05) is 36.8 Å². The van der Waals surface area contributed by atoms with Gasteiger partial charge >= 0.3 is 0 Å². The Morgan fingerprint density at radius 3 is 2.65 bits per heavy atom. The van der Waals surface area contributed by atoms with Gasteiger partial charge in [0.1, 0.15) is 0 Å². The van der Waals surface area contributed by atoms with Crippen LogP contribution in [0.1, 0.15) is 42.5 Å². The van der Waals surface area contributed by atoms with Crippen LogP contribution >= 0.6 is 0 Å². The average molecular weight is 270 g/mol. The van der Waals surface area contributed by atoms with Crippen molar-refractivity contribution in [3.63, 3.8) is 0 Å². The fourth-order valence-corrected chi connectivity index (χ4v) is 2.47. The lowest BCUT2D eigenvalue weighted by Gasteiger charge is -2.24. The third-order valence-corrected chi connectivity index (χ3v) is 3.98. The van der Waals surface area contributed by atoms with Crippen LogP contribution in [0.5, 0.6) is 0 Å². The number of aromatic nitrogens is 2. The highest BCUT2D eigenvalue weighted by Gasteiger charge is 2.21. The molecule has 1 aromatic heterocycles. The Labute approximate surface area is 117 Å². The van der Waals surface area contributed by atoms with E-state index in [9.17, 15) is 9.90 Å². The molecule has 0 amide bonds. The molecule has 3 rings (SSSR count). The summed E-state index contributed by atoms with van der Waals surface area (Å²) in [6.45, 7) is 0.237. The molecule has 2 aromatic rings. The van der Waals surface area contributed by atoms with Gasteiger partial charge in [0, 0.05) is 12.0 Å². The molecule has 1 aliphatic carbocycles. The zero-order chi connectivity index (χ0) is 13.9. The summed E-state index contributed by atoms with van der Waals surface area (Å²) in [6.07, 6.45) is 4.35. The van der Waals surface area contributed by atoms with Gasteiger partial charge in [-0.25, -0.2) is 4.98 Å². The fraction of sp³-hybridized carbons (Fsp3) is 0.375. The van der Waals surface area contributed by atoms with Crippen LogP contribution in [0, 0.1) is 0 Å². The summed E-state index contributed by atoms with van der Waals surface area (Å²) in [6, 6.07) is 11.0. The van der Waals surface area contributed by atoms with Crippen molar-refractivity contribution < 1.29 is 5.11 Å². The van der Waals surface area contributed by atoms with Crippen molar-refractivity contribution in [3.05, 3.63) is 64.3 Å². The molecule has 0 radical (unpaired) electrons. The van der Waals surface area contributed by atoms with E-state index in [1.54, 1.807) is 12.4 Å². The standard InChI is InChI=1S/C16H18N2O2/c19-15(13-5-2-1-3-6-13)10-18-11-17-14(9-16(18)20)12-7-4-8-12/h1-3,5-6,9,11-12,15,19H,4,7-8,10H2. The van der Waals surface area contributed by atoms with Gasteiger partial charge in [0.05, 0.1) is 24.7 Å². The highest BCUT2D eigenvalue weighted by molar-refractivity contribution is 5.17. The zero-order valence-electron chi connectivity index (χ0n) is 11.3. The van der Waals surface area contributed by atoms with Crippen molar-refractivity contribution in [1.29, 1.82) is 0 Å². The van der Waals surface area contributed by atoms with Crippen LogP contribution in [-0.2, 0) is 6.54 Å². The average Bonchev–Trinajstić information content (AvgIpc) is 2.41.